The predicted octanol–water partition coefficient (Wildman–Crippen LogP) is 4.73. The zero-order valence-electron chi connectivity index (χ0n) is 14.7. The minimum Gasteiger partial charge on any atom is -0.373 e. The first-order chi connectivity index (χ1) is 12.6. The van der Waals surface area contributed by atoms with E-state index in [1.54, 1.807) is 12.1 Å². The summed E-state index contributed by atoms with van der Waals surface area (Å²) in [6.45, 7) is 2.03. The molecule has 1 saturated heterocycles. The molecule has 2 aromatic carbocycles. The second-order valence-corrected chi connectivity index (χ2v) is 7.53. The van der Waals surface area contributed by atoms with Gasteiger partial charge in [0.05, 0.1) is 12.7 Å². The highest BCUT2D eigenvalue weighted by atomic mass is 79.9. The van der Waals surface area contributed by atoms with E-state index >= 15 is 0 Å². The highest BCUT2D eigenvalue weighted by Crippen LogP contribution is 2.19. The van der Waals surface area contributed by atoms with E-state index in [1.165, 1.54) is 11.6 Å². The van der Waals surface area contributed by atoms with Gasteiger partial charge in [0.1, 0.15) is 5.82 Å². The lowest BCUT2D eigenvalue weighted by atomic mass is 10.1. The third-order valence-electron chi connectivity index (χ3n) is 4.75. The number of likely N-dealkylation sites (tertiary alicyclic amines) is 1. The molecule has 5 heteroatoms. The van der Waals surface area contributed by atoms with Gasteiger partial charge in [-0.2, -0.15) is 0 Å². The molecule has 0 spiro atoms. The molecule has 1 fully saturated rings. The Morgan fingerprint density at radius 1 is 1.15 bits per heavy atom. The van der Waals surface area contributed by atoms with E-state index in [2.05, 4.69) is 28.1 Å². The maximum Gasteiger partial charge on any atom is 0.222 e. The van der Waals surface area contributed by atoms with Gasteiger partial charge in [-0.25, -0.2) is 4.39 Å². The van der Waals surface area contributed by atoms with Crippen LogP contribution >= 0.6 is 15.9 Å². The summed E-state index contributed by atoms with van der Waals surface area (Å²) in [4.78, 5) is 14.3. The van der Waals surface area contributed by atoms with Gasteiger partial charge < -0.3 is 9.64 Å². The Bertz CT molecular complexity index is 730. The second-order valence-electron chi connectivity index (χ2n) is 6.61. The minimum absolute atomic E-state index is 0.0915. The van der Waals surface area contributed by atoms with Crippen molar-refractivity contribution in [1.29, 1.82) is 0 Å². The number of carbonyl (C=O) groups excluding carboxylic acids is 1. The third-order valence-corrected chi connectivity index (χ3v) is 5.24. The third kappa shape index (κ3) is 5.39. The van der Waals surface area contributed by atoms with Crippen LogP contribution in [0.2, 0.25) is 0 Å². The van der Waals surface area contributed by atoms with Crippen LogP contribution in [-0.4, -0.2) is 30.0 Å². The molecule has 0 aromatic heterocycles. The van der Waals surface area contributed by atoms with E-state index in [0.29, 0.717) is 42.6 Å². The number of benzene rings is 2. The van der Waals surface area contributed by atoms with Gasteiger partial charge in [-0.15, -0.1) is 0 Å². The van der Waals surface area contributed by atoms with Crippen molar-refractivity contribution in [3.63, 3.8) is 0 Å². The molecule has 3 rings (SSSR count). The maximum atomic E-state index is 13.8. The van der Waals surface area contributed by atoms with Crippen LogP contribution in [0.5, 0.6) is 0 Å². The fraction of sp³-hybridized carbons (Fsp3) is 0.381. The van der Waals surface area contributed by atoms with Gasteiger partial charge in [0.25, 0.3) is 0 Å². The van der Waals surface area contributed by atoms with Crippen LogP contribution < -0.4 is 0 Å². The van der Waals surface area contributed by atoms with Crippen molar-refractivity contribution in [2.24, 2.45) is 0 Å². The largest absolute Gasteiger partial charge is 0.373 e. The van der Waals surface area contributed by atoms with Crippen LogP contribution in [-0.2, 0) is 22.6 Å². The number of hydrogen-bond acceptors (Lipinski definition) is 2. The van der Waals surface area contributed by atoms with Crippen molar-refractivity contribution in [2.45, 2.75) is 38.4 Å². The summed E-state index contributed by atoms with van der Waals surface area (Å²) in [5.74, 6) is -0.172. The van der Waals surface area contributed by atoms with Crippen molar-refractivity contribution in [1.82, 2.24) is 4.90 Å². The summed E-state index contributed by atoms with van der Waals surface area (Å²) < 4.78 is 20.5. The first-order valence-electron chi connectivity index (χ1n) is 8.99. The molecule has 0 radical (unpaired) electrons. The van der Waals surface area contributed by atoms with E-state index in [9.17, 15) is 9.18 Å². The molecule has 1 aliphatic heterocycles. The zero-order chi connectivity index (χ0) is 18.4. The highest BCUT2D eigenvalue weighted by Gasteiger charge is 2.23. The summed E-state index contributed by atoms with van der Waals surface area (Å²) in [5.41, 5.74) is 1.75. The van der Waals surface area contributed by atoms with Crippen molar-refractivity contribution in [3.8, 4) is 0 Å². The van der Waals surface area contributed by atoms with Gasteiger partial charge in [-0.1, -0.05) is 52.3 Å². The molecule has 0 unspecified atom stereocenters. The molecule has 0 N–H and O–H groups in total. The molecule has 1 aliphatic rings. The SMILES string of the molecule is O=C(CCc1ccc(Br)cc1F)N1CCC(OCc2ccccc2)CC1. The predicted molar refractivity (Wildman–Crippen MR) is 103 cm³/mol. The number of nitrogens with zero attached hydrogens (tertiary/aromatic N) is 1. The number of piperidine rings is 1. The van der Waals surface area contributed by atoms with E-state index in [4.69, 9.17) is 4.74 Å². The van der Waals surface area contributed by atoms with E-state index in [-0.39, 0.29) is 17.8 Å². The van der Waals surface area contributed by atoms with Gasteiger partial charge in [0, 0.05) is 24.0 Å². The summed E-state index contributed by atoms with van der Waals surface area (Å²) in [6.07, 6.45) is 2.68. The number of halogens is 2. The number of aryl methyl sites for hydroxylation is 1. The van der Waals surface area contributed by atoms with Gasteiger partial charge in [-0.3, -0.25) is 4.79 Å². The lowest BCUT2D eigenvalue weighted by Crippen LogP contribution is -2.41. The standard InChI is InChI=1S/C21H23BrFNO2/c22-18-8-6-17(20(23)14-18)7-9-21(25)24-12-10-19(11-13-24)26-15-16-4-2-1-3-5-16/h1-6,8,14,19H,7,9-13,15H2. The normalized spacial score (nSPS) is 15.2. The Balaban J connectivity index is 1.40. The molecule has 0 bridgehead atoms. The van der Waals surface area contributed by atoms with Crippen LogP contribution in [0, 0.1) is 5.82 Å². The fourth-order valence-electron chi connectivity index (χ4n) is 3.18. The van der Waals surface area contributed by atoms with E-state index < -0.39 is 0 Å². The van der Waals surface area contributed by atoms with Gasteiger partial charge in [-0.05, 0) is 42.5 Å². The summed E-state index contributed by atoms with van der Waals surface area (Å²) in [6, 6.07) is 15.1. The first kappa shape index (κ1) is 19.1. The number of hydrogen-bond donors (Lipinski definition) is 0. The first-order valence-corrected chi connectivity index (χ1v) is 9.78. The molecule has 3 nitrogen and oxygen atoms in total. The molecule has 26 heavy (non-hydrogen) atoms. The number of ether oxygens (including phenoxy) is 1. The van der Waals surface area contributed by atoms with Crippen molar-refractivity contribution in [2.75, 3.05) is 13.1 Å². The molecule has 1 amide bonds. The van der Waals surface area contributed by atoms with Gasteiger partial charge >= 0.3 is 0 Å². The lowest BCUT2D eigenvalue weighted by Gasteiger charge is -2.32. The Labute approximate surface area is 162 Å². The quantitative estimate of drug-likeness (QED) is 0.677. The molecular weight excluding hydrogens is 397 g/mol. The zero-order valence-corrected chi connectivity index (χ0v) is 16.3. The topological polar surface area (TPSA) is 29.5 Å². The fourth-order valence-corrected chi connectivity index (χ4v) is 3.52. The van der Waals surface area contributed by atoms with Gasteiger partial charge in [0.2, 0.25) is 5.91 Å². The monoisotopic (exact) mass is 419 g/mol. The Hall–Kier alpha value is -1.72. The van der Waals surface area contributed by atoms with Crippen molar-refractivity contribution < 1.29 is 13.9 Å². The van der Waals surface area contributed by atoms with Crippen LogP contribution in [0.1, 0.15) is 30.4 Å². The molecule has 0 aliphatic carbocycles. The second kappa shape index (κ2) is 9.28. The van der Waals surface area contributed by atoms with Crippen molar-refractivity contribution in [3.05, 3.63) is 69.9 Å². The Morgan fingerprint density at radius 2 is 1.88 bits per heavy atom. The van der Waals surface area contributed by atoms with Crippen molar-refractivity contribution >= 4 is 21.8 Å². The minimum atomic E-state index is -0.264. The van der Waals surface area contributed by atoms with Gasteiger partial charge in [0.15, 0.2) is 0 Å². The van der Waals surface area contributed by atoms with E-state index in [0.717, 1.165) is 12.8 Å². The molecule has 138 valence electrons. The Kier molecular flexibility index (Phi) is 6.80. The van der Waals surface area contributed by atoms with E-state index in [1.807, 2.05) is 23.1 Å². The molecule has 1 heterocycles. The van der Waals surface area contributed by atoms with Crippen LogP contribution in [0.15, 0.2) is 53.0 Å². The number of rotatable bonds is 6. The number of carbonyl (C=O) groups is 1. The Morgan fingerprint density at radius 3 is 2.58 bits per heavy atom. The average Bonchev–Trinajstić information content (AvgIpc) is 2.67. The lowest BCUT2D eigenvalue weighted by molar-refractivity contribution is -0.134. The molecule has 0 atom stereocenters. The number of amides is 1. The summed E-state index contributed by atoms with van der Waals surface area (Å²) in [5, 5.41) is 0. The van der Waals surface area contributed by atoms with Crippen LogP contribution in [0.4, 0.5) is 4.39 Å². The van der Waals surface area contributed by atoms with Crippen LogP contribution in [0.3, 0.4) is 0 Å². The summed E-state index contributed by atoms with van der Waals surface area (Å²) >= 11 is 3.24. The average molecular weight is 420 g/mol. The maximum absolute atomic E-state index is 13.8. The molecular formula is C21H23BrFNO2. The summed E-state index contributed by atoms with van der Waals surface area (Å²) in [7, 11) is 0. The highest BCUT2D eigenvalue weighted by molar-refractivity contribution is 9.10. The molecule has 0 saturated carbocycles. The van der Waals surface area contributed by atoms with Crippen LogP contribution in [0.25, 0.3) is 0 Å². The smallest absolute Gasteiger partial charge is 0.222 e. The molecule has 2 aromatic rings.